The van der Waals surface area contributed by atoms with Gasteiger partial charge in [0.2, 0.25) is 0 Å². The van der Waals surface area contributed by atoms with Crippen LogP contribution in [0.2, 0.25) is 0 Å². The van der Waals surface area contributed by atoms with Crippen LogP contribution in [0.5, 0.6) is 0 Å². The van der Waals surface area contributed by atoms with Crippen LogP contribution in [-0.4, -0.2) is 96.7 Å². The second kappa shape index (κ2) is 64.7. The van der Waals surface area contributed by atoms with Gasteiger partial charge in [0.25, 0.3) is 0 Å². The standard InChI is InChI=1S/C74H144O17P2/c1-8-10-11-12-13-14-15-16-20-27-36-43-50-57-73(78)91-70(62-85-72(77)56-49-42-35-30-29-32-39-46-53-66(5)6)64-89-93(82,83)87-60-68(75)59-86-92(80,81)88-63-69(61-84-71(76)55-48-41-34-26-23-22-25-33-40-47-54-67(7)9-2)90-74(79)58-51-44-37-28-21-18-17-19-24-31-38-45-52-65(3)4/h65-70,75H,8-64H2,1-7H3,(H,80,81)(H,82,83)/t67?,68-,69-,70-/m1/s1. The Bertz CT molecular complexity index is 1820. The van der Waals surface area contributed by atoms with Crippen molar-refractivity contribution in [3.8, 4) is 0 Å². The maximum atomic E-state index is 13.1. The van der Waals surface area contributed by atoms with Crippen LogP contribution < -0.4 is 0 Å². The van der Waals surface area contributed by atoms with Crippen LogP contribution in [0, 0.1) is 17.8 Å². The number of esters is 4. The fraction of sp³-hybridized carbons (Fsp3) is 0.946. The third kappa shape index (κ3) is 67.0. The summed E-state index contributed by atoms with van der Waals surface area (Å²) in [4.78, 5) is 72.8. The number of hydrogen-bond donors (Lipinski definition) is 3. The molecule has 0 saturated carbocycles. The molecule has 19 heteroatoms. The topological polar surface area (TPSA) is 237 Å². The third-order valence-electron chi connectivity index (χ3n) is 17.5. The first-order valence-electron chi connectivity index (χ1n) is 38.4. The van der Waals surface area contributed by atoms with E-state index in [1.165, 1.54) is 186 Å². The Hall–Kier alpha value is -1.94. The quantitative estimate of drug-likeness (QED) is 0.0222. The molecular weight excluding hydrogens is 1220 g/mol. The minimum atomic E-state index is -4.96. The highest BCUT2D eigenvalue weighted by Gasteiger charge is 2.30. The summed E-state index contributed by atoms with van der Waals surface area (Å²) in [5.74, 6) is 0.193. The number of unbranched alkanes of at least 4 members (excludes halogenated alkanes) is 39. The fourth-order valence-electron chi connectivity index (χ4n) is 11.2. The Morgan fingerprint density at radius 2 is 0.548 bits per heavy atom. The molecule has 0 aliphatic rings. The van der Waals surface area contributed by atoms with Gasteiger partial charge in [-0.15, -0.1) is 0 Å². The van der Waals surface area contributed by atoms with E-state index in [0.717, 1.165) is 108 Å². The van der Waals surface area contributed by atoms with Crippen LogP contribution in [0.1, 0.15) is 376 Å². The average Bonchev–Trinajstić information content (AvgIpc) is 1.67. The van der Waals surface area contributed by atoms with Crippen LogP contribution in [0.15, 0.2) is 0 Å². The molecule has 0 aromatic heterocycles. The lowest BCUT2D eigenvalue weighted by atomic mass is 9.99. The van der Waals surface area contributed by atoms with Gasteiger partial charge in [-0.1, -0.05) is 325 Å². The molecule has 0 saturated heterocycles. The first kappa shape index (κ1) is 91.1. The van der Waals surface area contributed by atoms with Gasteiger partial charge in [0, 0.05) is 25.7 Å². The molecule has 0 aliphatic heterocycles. The second-order valence-corrected chi connectivity index (χ2v) is 30.8. The van der Waals surface area contributed by atoms with Crippen molar-refractivity contribution in [2.75, 3.05) is 39.6 Å². The largest absolute Gasteiger partial charge is 0.472 e. The van der Waals surface area contributed by atoms with Gasteiger partial charge in [-0.05, 0) is 43.4 Å². The average molecular weight is 1370 g/mol. The molecule has 0 heterocycles. The van der Waals surface area contributed by atoms with Gasteiger partial charge in [0.05, 0.1) is 26.4 Å². The van der Waals surface area contributed by atoms with Crippen molar-refractivity contribution >= 4 is 39.5 Å². The van der Waals surface area contributed by atoms with E-state index in [0.29, 0.717) is 25.7 Å². The molecule has 552 valence electrons. The number of aliphatic hydroxyl groups is 1. The van der Waals surface area contributed by atoms with Crippen molar-refractivity contribution in [3.63, 3.8) is 0 Å². The van der Waals surface area contributed by atoms with E-state index in [2.05, 4.69) is 48.5 Å². The normalized spacial score (nSPS) is 14.4. The van der Waals surface area contributed by atoms with Crippen molar-refractivity contribution in [1.82, 2.24) is 0 Å². The van der Waals surface area contributed by atoms with Gasteiger partial charge >= 0.3 is 39.5 Å². The molecule has 0 spiro atoms. The summed E-state index contributed by atoms with van der Waals surface area (Å²) in [7, 11) is -9.91. The molecular formula is C74H144O17P2. The summed E-state index contributed by atoms with van der Waals surface area (Å²) < 4.78 is 68.5. The van der Waals surface area contributed by atoms with Crippen LogP contribution in [0.3, 0.4) is 0 Å². The van der Waals surface area contributed by atoms with E-state index in [4.69, 9.17) is 37.0 Å². The molecule has 0 radical (unpaired) electrons. The van der Waals surface area contributed by atoms with Crippen molar-refractivity contribution in [2.45, 2.75) is 394 Å². The summed E-state index contributed by atoms with van der Waals surface area (Å²) >= 11 is 0. The van der Waals surface area contributed by atoms with E-state index in [1.807, 2.05) is 0 Å². The van der Waals surface area contributed by atoms with Crippen LogP contribution in [0.4, 0.5) is 0 Å². The number of rotatable bonds is 72. The summed E-state index contributed by atoms with van der Waals surface area (Å²) in [6, 6.07) is 0. The summed E-state index contributed by atoms with van der Waals surface area (Å²) in [5, 5.41) is 10.6. The molecule has 0 bridgehead atoms. The van der Waals surface area contributed by atoms with E-state index in [1.54, 1.807) is 0 Å². The molecule has 3 unspecified atom stereocenters. The van der Waals surface area contributed by atoms with Gasteiger partial charge in [-0.25, -0.2) is 9.13 Å². The zero-order valence-electron chi connectivity index (χ0n) is 60.7. The summed E-state index contributed by atoms with van der Waals surface area (Å²) in [5.41, 5.74) is 0. The molecule has 0 aromatic rings. The third-order valence-corrected chi connectivity index (χ3v) is 19.4. The maximum Gasteiger partial charge on any atom is 0.472 e. The van der Waals surface area contributed by atoms with E-state index in [9.17, 15) is 43.2 Å². The van der Waals surface area contributed by atoms with Crippen LogP contribution in [0.25, 0.3) is 0 Å². The first-order valence-corrected chi connectivity index (χ1v) is 41.4. The number of phosphoric acid groups is 2. The number of phosphoric ester groups is 2. The predicted octanol–water partition coefficient (Wildman–Crippen LogP) is 21.4. The molecule has 0 aliphatic carbocycles. The Kier molecular flexibility index (Phi) is 63.4. The second-order valence-electron chi connectivity index (χ2n) is 27.9. The van der Waals surface area contributed by atoms with Crippen molar-refractivity contribution in [1.29, 1.82) is 0 Å². The minimum absolute atomic E-state index is 0.106. The Morgan fingerprint density at radius 1 is 0.312 bits per heavy atom. The molecule has 0 rings (SSSR count). The predicted molar refractivity (Wildman–Crippen MR) is 377 cm³/mol. The molecule has 0 amide bonds. The highest BCUT2D eigenvalue weighted by Crippen LogP contribution is 2.45. The molecule has 0 aromatic carbocycles. The molecule has 0 fully saturated rings. The van der Waals surface area contributed by atoms with Crippen molar-refractivity contribution in [3.05, 3.63) is 0 Å². The first-order chi connectivity index (χ1) is 44.8. The lowest BCUT2D eigenvalue weighted by Gasteiger charge is -2.21. The lowest BCUT2D eigenvalue weighted by Crippen LogP contribution is -2.30. The van der Waals surface area contributed by atoms with Gasteiger partial charge < -0.3 is 33.8 Å². The minimum Gasteiger partial charge on any atom is -0.462 e. The molecule has 17 nitrogen and oxygen atoms in total. The summed E-state index contributed by atoms with van der Waals surface area (Å²) in [6.07, 6.45) is 49.8. The molecule has 6 atom stereocenters. The zero-order valence-corrected chi connectivity index (χ0v) is 62.5. The van der Waals surface area contributed by atoms with E-state index < -0.39 is 97.5 Å². The van der Waals surface area contributed by atoms with Gasteiger partial charge in [-0.3, -0.25) is 37.3 Å². The highest BCUT2D eigenvalue weighted by molar-refractivity contribution is 7.47. The smallest absolute Gasteiger partial charge is 0.462 e. The lowest BCUT2D eigenvalue weighted by molar-refractivity contribution is -0.161. The number of hydrogen-bond acceptors (Lipinski definition) is 15. The Balaban J connectivity index is 5.27. The number of aliphatic hydroxyl groups excluding tert-OH is 1. The van der Waals surface area contributed by atoms with Crippen LogP contribution in [-0.2, 0) is 65.4 Å². The fourth-order valence-corrected chi connectivity index (χ4v) is 12.8. The van der Waals surface area contributed by atoms with Crippen LogP contribution >= 0.6 is 15.6 Å². The molecule has 3 N–H and O–H groups in total. The van der Waals surface area contributed by atoms with Gasteiger partial charge in [-0.2, -0.15) is 0 Å². The Morgan fingerprint density at radius 3 is 0.817 bits per heavy atom. The summed E-state index contributed by atoms with van der Waals surface area (Å²) in [6.45, 7) is 11.9. The SMILES string of the molecule is CCCCCCCCCCCCCCCC(=O)O[C@H](COC(=O)CCCCCCCCCCC(C)C)COP(=O)(O)OC[C@H](O)COP(=O)(O)OC[C@@H](COC(=O)CCCCCCCCCCCCC(C)CC)OC(=O)CCCCCCCCCCCCCCC(C)C. The van der Waals surface area contributed by atoms with Crippen molar-refractivity contribution < 1.29 is 80.2 Å². The van der Waals surface area contributed by atoms with Gasteiger partial charge in [0.15, 0.2) is 12.2 Å². The van der Waals surface area contributed by atoms with Crippen molar-refractivity contribution in [2.24, 2.45) is 17.8 Å². The maximum absolute atomic E-state index is 13.1. The highest BCUT2D eigenvalue weighted by atomic mass is 31.2. The Labute approximate surface area is 568 Å². The number of carbonyl (C=O) groups is 4. The van der Waals surface area contributed by atoms with Gasteiger partial charge in [0.1, 0.15) is 19.3 Å². The molecule has 93 heavy (non-hydrogen) atoms. The number of ether oxygens (including phenoxy) is 4. The number of carbonyl (C=O) groups excluding carboxylic acids is 4. The van der Waals surface area contributed by atoms with E-state index in [-0.39, 0.29) is 25.7 Å². The van der Waals surface area contributed by atoms with E-state index >= 15 is 0 Å². The zero-order chi connectivity index (χ0) is 68.7. The monoisotopic (exact) mass is 1370 g/mol.